The lowest BCUT2D eigenvalue weighted by Crippen LogP contribution is -2.02. The minimum atomic E-state index is 0.0300. The van der Waals surface area contributed by atoms with E-state index in [9.17, 15) is 9.90 Å². The second-order valence-electron chi connectivity index (χ2n) is 4.87. The quantitative estimate of drug-likeness (QED) is 0.827. The maximum absolute atomic E-state index is 12.6. The molecule has 0 bridgehead atoms. The Hall–Kier alpha value is -2.35. The lowest BCUT2D eigenvalue weighted by Gasteiger charge is -2.06. The van der Waals surface area contributed by atoms with Crippen molar-refractivity contribution in [3.8, 4) is 5.75 Å². The van der Waals surface area contributed by atoms with Crippen molar-refractivity contribution in [3.63, 3.8) is 0 Å². The van der Waals surface area contributed by atoms with Crippen molar-refractivity contribution in [2.45, 2.75) is 13.3 Å². The SMILES string of the molecule is CC1=C(C(=O)c2ccc(O)cc2)c2ccccc2C1. The average molecular weight is 250 g/mol. The minimum Gasteiger partial charge on any atom is -0.508 e. The van der Waals surface area contributed by atoms with Gasteiger partial charge in [-0.1, -0.05) is 29.8 Å². The van der Waals surface area contributed by atoms with Crippen molar-refractivity contribution in [3.05, 3.63) is 70.8 Å². The molecule has 2 aromatic rings. The molecule has 19 heavy (non-hydrogen) atoms. The predicted molar refractivity (Wildman–Crippen MR) is 75.2 cm³/mol. The fourth-order valence-electron chi connectivity index (χ4n) is 2.60. The van der Waals surface area contributed by atoms with E-state index < -0.39 is 0 Å². The van der Waals surface area contributed by atoms with Crippen LogP contribution in [0.15, 0.2) is 54.1 Å². The summed E-state index contributed by atoms with van der Waals surface area (Å²) in [5.74, 6) is 0.205. The third-order valence-corrected chi connectivity index (χ3v) is 3.53. The Morgan fingerprint density at radius 3 is 2.47 bits per heavy atom. The smallest absolute Gasteiger partial charge is 0.193 e. The summed E-state index contributed by atoms with van der Waals surface area (Å²) >= 11 is 0. The van der Waals surface area contributed by atoms with E-state index in [1.54, 1.807) is 24.3 Å². The van der Waals surface area contributed by atoms with Crippen LogP contribution in [0.4, 0.5) is 0 Å². The first-order valence-electron chi connectivity index (χ1n) is 6.28. The Morgan fingerprint density at radius 1 is 1.05 bits per heavy atom. The number of rotatable bonds is 2. The summed E-state index contributed by atoms with van der Waals surface area (Å²) < 4.78 is 0. The van der Waals surface area contributed by atoms with E-state index in [0.29, 0.717) is 5.56 Å². The van der Waals surface area contributed by atoms with Crippen molar-refractivity contribution in [1.29, 1.82) is 0 Å². The van der Waals surface area contributed by atoms with Gasteiger partial charge in [0, 0.05) is 11.1 Å². The van der Waals surface area contributed by atoms with Gasteiger partial charge in [0.15, 0.2) is 5.78 Å². The topological polar surface area (TPSA) is 37.3 Å². The molecule has 0 aliphatic heterocycles. The molecule has 94 valence electrons. The highest BCUT2D eigenvalue weighted by Crippen LogP contribution is 2.34. The number of ketones is 1. The number of hydrogen-bond donors (Lipinski definition) is 1. The summed E-state index contributed by atoms with van der Waals surface area (Å²) in [5.41, 5.74) is 4.78. The Bertz CT molecular complexity index is 679. The van der Waals surface area contributed by atoms with Crippen molar-refractivity contribution in [2.75, 3.05) is 0 Å². The normalized spacial score (nSPS) is 13.5. The van der Waals surface area contributed by atoms with Crippen LogP contribution in [0, 0.1) is 0 Å². The van der Waals surface area contributed by atoms with Crippen LogP contribution in [0.25, 0.3) is 5.57 Å². The van der Waals surface area contributed by atoms with Gasteiger partial charge in [0.05, 0.1) is 0 Å². The zero-order valence-electron chi connectivity index (χ0n) is 10.7. The molecule has 1 N–H and O–H groups in total. The number of carbonyl (C=O) groups is 1. The van der Waals surface area contributed by atoms with E-state index in [-0.39, 0.29) is 11.5 Å². The summed E-state index contributed by atoms with van der Waals surface area (Å²) in [7, 11) is 0. The van der Waals surface area contributed by atoms with Gasteiger partial charge < -0.3 is 5.11 Å². The number of fused-ring (bicyclic) bond motifs is 1. The molecule has 0 saturated carbocycles. The van der Waals surface area contributed by atoms with Crippen molar-refractivity contribution < 1.29 is 9.90 Å². The lowest BCUT2D eigenvalue weighted by atomic mass is 9.96. The average Bonchev–Trinajstić information content (AvgIpc) is 2.74. The Kier molecular flexibility index (Phi) is 2.71. The van der Waals surface area contributed by atoms with Gasteiger partial charge in [-0.2, -0.15) is 0 Å². The molecule has 0 unspecified atom stereocenters. The van der Waals surface area contributed by atoms with Crippen LogP contribution in [0.2, 0.25) is 0 Å². The molecule has 0 amide bonds. The summed E-state index contributed by atoms with van der Waals surface area (Å²) in [4.78, 5) is 12.6. The number of allylic oxidation sites excluding steroid dienone is 2. The van der Waals surface area contributed by atoms with Gasteiger partial charge in [0.25, 0.3) is 0 Å². The number of phenols is 1. The van der Waals surface area contributed by atoms with Gasteiger partial charge in [0.1, 0.15) is 5.75 Å². The molecule has 3 rings (SSSR count). The van der Waals surface area contributed by atoms with Gasteiger partial charge in [-0.25, -0.2) is 0 Å². The van der Waals surface area contributed by atoms with E-state index in [2.05, 4.69) is 6.07 Å². The van der Waals surface area contributed by atoms with Crippen LogP contribution in [0.5, 0.6) is 5.75 Å². The highest BCUT2D eigenvalue weighted by atomic mass is 16.3. The van der Waals surface area contributed by atoms with Crippen LogP contribution in [0.3, 0.4) is 0 Å². The number of phenolic OH excluding ortho intramolecular Hbond substituents is 1. The summed E-state index contributed by atoms with van der Waals surface area (Å²) in [5, 5.41) is 9.29. The lowest BCUT2D eigenvalue weighted by molar-refractivity contribution is 0.105. The minimum absolute atomic E-state index is 0.0300. The van der Waals surface area contributed by atoms with Crippen LogP contribution in [-0.4, -0.2) is 10.9 Å². The highest BCUT2D eigenvalue weighted by molar-refractivity contribution is 6.30. The van der Waals surface area contributed by atoms with Crippen LogP contribution in [0.1, 0.15) is 28.4 Å². The molecule has 2 aromatic carbocycles. The van der Waals surface area contributed by atoms with E-state index >= 15 is 0 Å². The maximum Gasteiger partial charge on any atom is 0.193 e. The maximum atomic E-state index is 12.6. The van der Waals surface area contributed by atoms with Crippen molar-refractivity contribution in [2.24, 2.45) is 0 Å². The van der Waals surface area contributed by atoms with Crippen LogP contribution in [-0.2, 0) is 6.42 Å². The highest BCUT2D eigenvalue weighted by Gasteiger charge is 2.24. The molecule has 2 nitrogen and oxygen atoms in total. The first-order valence-corrected chi connectivity index (χ1v) is 6.28. The monoisotopic (exact) mass is 250 g/mol. The van der Waals surface area contributed by atoms with Crippen LogP contribution >= 0.6 is 0 Å². The summed E-state index contributed by atoms with van der Waals surface area (Å²) in [6, 6.07) is 14.4. The van der Waals surface area contributed by atoms with E-state index in [1.807, 2.05) is 25.1 Å². The van der Waals surface area contributed by atoms with E-state index in [0.717, 1.165) is 23.1 Å². The molecule has 0 heterocycles. The molecule has 0 atom stereocenters. The number of carbonyl (C=O) groups excluding carboxylic acids is 1. The number of Topliss-reactive ketones (excluding diaryl/α,β-unsaturated/α-hetero) is 1. The number of aromatic hydroxyl groups is 1. The number of hydrogen-bond acceptors (Lipinski definition) is 2. The fraction of sp³-hybridized carbons (Fsp3) is 0.118. The molecule has 0 spiro atoms. The first-order chi connectivity index (χ1) is 9.16. The summed E-state index contributed by atoms with van der Waals surface area (Å²) in [6.07, 6.45) is 0.843. The van der Waals surface area contributed by atoms with Gasteiger partial charge >= 0.3 is 0 Å². The zero-order valence-corrected chi connectivity index (χ0v) is 10.7. The second kappa shape index (κ2) is 4.39. The van der Waals surface area contributed by atoms with Gasteiger partial charge in [-0.15, -0.1) is 0 Å². The van der Waals surface area contributed by atoms with E-state index in [1.165, 1.54) is 5.56 Å². The molecule has 1 aliphatic carbocycles. The van der Waals surface area contributed by atoms with Gasteiger partial charge in [0.2, 0.25) is 0 Å². The first kappa shape index (κ1) is 11.7. The van der Waals surface area contributed by atoms with Gasteiger partial charge in [-0.05, 0) is 48.7 Å². The number of benzene rings is 2. The Labute approximate surface area is 112 Å². The standard InChI is InChI=1S/C17H14O2/c1-11-10-13-4-2-3-5-15(13)16(11)17(19)12-6-8-14(18)9-7-12/h2-9,18H,10H2,1H3. The summed E-state index contributed by atoms with van der Waals surface area (Å²) in [6.45, 7) is 2.01. The predicted octanol–water partition coefficient (Wildman–Crippen LogP) is 3.60. The third-order valence-electron chi connectivity index (χ3n) is 3.53. The molecular formula is C17H14O2. The molecule has 0 radical (unpaired) electrons. The van der Waals surface area contributed by atoms with Gasteiger partial charge in [-0.3, -0.25) is 4.79 Å². The molecule has 0 saturated heterocycles. The largest absolute Gasteiger partial charge is 0.508 e. The fourth-order valence-corrected chi connectivity index (χ4v) is 2.60. The zero-order chi connectivity index (χ0) is 13.4. The van der Waals surface area contributed by atoms with Crippen LogP contribution < -0.4 is 0 Å². The Balaban J connectivity index is 2.05. The molecule has 1 aliphatic rings. The van der Waals surface area contributed by atoms with Crippen molar-refractivity contribution in [1.82, 2.24) is 0 Å². The molecule has 0 fully saturated rings. The van der Waals surface area contributed by atoms with E-state index in [4.69, 9.17) is 0 Å². The molecule has 2 heteroatoms. The second-order valence-corrected chi connectivity index (χ2v) is 4.87. The molecular weight excluding hydrogens is 236 g/mol. The molecule has 0 aromatic heterocycles. The third kappa shape index (κ3) is 1.95. The Morgan fingerprint density at radius 2 is 1.74 bits per heavy atom. The van der Waals surface area contributed by atoms with Crippen molar-refractivity contribution >= 4 is 11.4 Å².